The van der Waals surface area contributed by atoms with E-state index in [0.717, 1.165) is 0 Å². The maximum Gasteiger partial charge on any atom is 0.393 e. The number of carbonyl (C=O) groups is 2. The van der Waals surface area contributed by atoms with Gasteiger partial charge in [-0.15, -0.1) is 12.6 Å². The molecule has 0 radical (unpaired) electrons. The fraction of sp³-hybridized carbons (Fsp3) is 0.500. The summed E-state index contributed by atoms with van der Waals surface area (Å²) in [5, 5.41) is 8.57. The minimum atomic E-state index is -1.64. The van der Waals surface area contributed by atoms with Crippen LogP contribution in [0.4, 0.5) is 0 Å². The SMILES string of the molecule is CCO/C=C(\C)C(=O)OOC(=O)C(O)S. The number of hydrogen-bond acceptors (Lipinski definition) is 7. The predicted molar refractivity (Wildman–Crippen MR) is 52.6 cm³/mol. The summed E-state index contributed by atoms with van der Waals surface area (Å²) >= 11 is 3.35. The molecule has 0 spiro atoms. The maximum absolute atomic E-state index is 11.0. The van der Waals surface area contributed by atoms with Gasteiger partial charge in [-0.2, -0.15) is 0 Å². The van der Waals surface area contributed by atoms with Crippen LogP contribution in [-0.2, 0) is 24.1 Å². The smallest absolute Gasteiger partial charge is 0.393 e. The molecule has 15 heavy (non-hydrogen) atoms. The molecule has 7 heteroatoms. The number of aliphatic hydroxyl groups excluding tert-OH is 1. The van der Waals surface area contributed by atoms with Gasteiger partial charge in [0.2, 0.25) is 0 Å². The topological polar surface area (TPSA) is 82.1 Å². The Kier molecular flexibility index (Phi) is 6.56. The molecule has 1 N–H and O–H groups in total. The molecule has 1 atom stereocenters. The molecule has 0 saturated heterocycles. The van der Waals surface area contributed by atoms with Crippen molar-refractivity contribution >= 4 is 24.6 Å². The van der Waals surface area contributed by atoms with Crippen LogP contribution in [0.5, 0.6) is 0 Å². The highest BCUT2D eigenvalue weighted by Gasteiger charge is 2.16. The van der Waals surface area contributed by atoms with Crippen molar-refractivity contribution in [1.82, 2.24) is 0 Å². The highest BCUT2D eigenvalue weighted by molar-refractivity contribution is 7.81. The Labute approximate surface area is 92.1 Å². The van der Waals surface area contributed by atoms with Crippen LogP contribution in [-0.4, -0.2) is 29.1 Å². The molecule has 1 unspecified atom stereocenters. The fourth-order valence-corrected chi connectivity index (χ4v) is 0.487. The third kappa shape index (κ3) is 5.97. The molecule has 6 nitrogen and oxygen atoms in total. The van der Waals surface area contributed by atoms with Gasteiger partial charge >= 0.3 is 11.9 Å². The monoisotopic (exact) mass is 236 g/mol. The van der Waals surface area contributed by atoms with Crippen molar-refractivity contribution in [2.45, 2.75) is 19.3 Å². The predicted octanol–water partition coefficient (Wildman–Crippen LogP) is 0.176. The van der Waals surface area contributed by atoms with Crippen LogP contribution < -0.4 is 0 Å². The molecule has 0 aliphatic heterocycles. The van der Waals surface area contributed by atoms with E-state index in [2.05, 4.69) is 22.4 Å². The van der Waals surface area contributed by atoms with Crippen LogP contribution in [0.3, 0.4) is 0 Å². The van der Waals surface area contributed by atoms with Crippen LogP contribution in [0.25, 0.3) is 0 Å². The second-order valence-corrected chi connectivity index (χ2v) is 2.89. The molecular formula is C8H12O6S. The molecule has 0 aliphatic carbocycles. The largest absolute Gasteiger partial charge is 0.501 e. The van der Waals surface area contributed by atoms with E-state index in [1.165, 1.54) is 13.2 Å². The number of carbonyl (C=O) groups excluding carboxylic acids is 2. The van der Waals surface area contributed by atoms with E-state index in [-0.39, 0.29) is 5.57 Å². The first-order valence-electron chi connectivity index (χ1n) is 4.06. The van der Waals surface area contributed by atoms with Gasteiger partial charge in [-0.3, -0.25) is 0 Å². The van der Waals surface area contributed by atoms with E-state index >= 15 is 0 Å². The normalized spacial score (nSPS) is 12.9. The Morgan fingerprint density at radius 3 is 2.53 bits per heavy atom. The van der Waals surface area contributed by atoms with Crippen molar-refractivity contribution in [3.8, 4) is 0 Å². The van der Waals surface area contributed by atoms with Crippen LogP contribution >= 0.6 is 12.6 Å². The number of ether oxygens (including phenoxy) is 1. The zero-order valence-electron chi connectivity index (χ0n) is 8.30. The summed E-state index contributed by atoms with van der Waals surface area (Å²) in [5.74, 6) is -2.05. The molecule has 0 amide bonds. The lowest BCUT2D eigenvalue weighted by Gasteiger charge is -2.04. The third-order valence-electron chi connectivity index (χ3n) is 1.16. The van der Waals surface area contributed by atoms with E-state index in [1.807, 2.05) is 0 Å². The summed E-state index contributed by atoms with van der Waals surface area (Å²) in [4.78, 5) is 29.7. The van der Waals surface area contributed by atoms with Crippen LogP contribution in [0, 0.1) is 0 Å². The highest BCUT2D eigenvalue weighted by Crippen LogP contribution is 2.00. The summed E-state index contributed by atoms with van der Waals surface area (Å²) < 4.78 is 4.80. The van der Waals surface area contributed by atoms with Gasteiger partial charge in [-0.05, 0) is 13.8 Å². The molecule has 0 aliphatic rings. The molecule has 0 fully saturated rings. The van der Waals surface area contributed by atoms with Crippen molar-refractivity contribution < 1.29 is 29.2 Å². The first-order valence-corrected chi connectivity index (χ1v) is 4.57. The molecule has 0 aromatic heterocycles. The quantitative estimate of drug-likeness (QED) is 0.181. The number of aliphatic hydroxyl groups is 1. The van der Waals surface area contributed by atoms with Crippen LogP contribution in [0.2, 0.25) is 0 Å². The second kappa shape index (κ2) is 7.13. The molecule has 0 bridgehead atoms. The molecule has 0 saturated carbocycles. The number of thiol groups is 1. The molecule has 0 heterocycles. The zero-order chi connectivity index (χ0) is 11.8. The average Bonchev–Trinajstić information content (AvgIpc) is 2.21. The highest BCUT2D eigenvalue weighted by atomic mass is 32.1. The fourth-order valence-electron chi connectivity index (χ4n) is 0.444. The Bertz CT molecular complexity index is 260. The van der Waals surface area contributed by atoms with E-state index in [9.17, 15) is 9.59 Å². The average molecular weight is 236 g/mol. The van der Waals surface area contributed by atoms with Gasteiger partial charge in [-0.1, -0.05) is 0 Å². The van der Waals surface area contributed by atoms with Crippen LogP contribution in [0.15, 0.2) is 11.8 Å². The second-order valence-electron chi connectivity index (χ2n) is 2.40. The number of hydrogen-bond donors (Lipinski definition) is 2. The third-order valence-corrected chi connectivity index (χ3v) is 1.37. The van der Waals surface area contributed by atoms with E-state index < -0.39 is 17.4 Å². The van der Waals surface area contributed by atoms with Gasteiger partial charge in [0.15, 0.2) is 5.44 Å². The number of rotatable bonds is 4. The minimum absolute atomic E-state index is 0.123. The summed E-state index contributed by atoms with van der Waals surface area (Å²) in [6, 6.07) is 0. The summed E-state index contributed by atoms with van der Waals surface area (Å²) in [6.07, 6.45) is 1.17. The van der Waals surface area contributed by atoms with E-state index in [1.54, 1.807) is 6.92 Å². The lowest BCUT2D eigenvalue weighted by Crippen LogP contribution is -2.20. The first kappa shape index (κ1) is 13.8. The minimum Gasteiger partial charge on any atom is -0.501 e. The van der Waals surface area contributed by atoms with E-state index in [0.29, 0.717) is 6.61 Å². The Balaban J connectivity index is 3.99. The van der Waals surface area contributed by atoms with Crippen LogP contribution in [0.1, 0.15) is 13.8 Å². The Morgan fingerprint density at radius 1 is 1.47 bits per heavy atom. The van der Waals surface area contributed by atoms with Gasteiger partial charge < -0.3 is 9.84 Å². The van der Waals surface area contributed by atoms with Crippen molar-refractivity contribution in [2.75, 3.05) is 6.61 Å². The molecule has 0 rings (SSSR count). The molecule has 0 aromatic rings. The molecule has 0 aromatic carbocycles. The van der Waals surface area contributed by atoms with Crippen molar-refractivity contribution in [3.63, 3.8) is 0 Å². The zero-order valence-corrected chi connectivity index (χ0v) is 9.19. The maximum atomic E-state index is 11.0. The van der Waals surface area contributed by atoms with Gasteiger partial charge in [0, 0.05) is 0 Å². The van der Waals surface area contributed by atoms with Gasteiger partial charge in [0.05, 0.1) is 18.4 Å². The van der Waals surface area contributed by atoms with Crippen molar-refractivity contribution in [3.05, 3.63) is 11.8 Å². The van der Waals surface area contributed by atoms with Gasteiger partial charge in [-0.25, -0.2) is 19.4 Å². The van der Waals surface area contributed by atoms with Gasteiger partial charge in [0.1, 0.15) is 0 Å². The summed E-state index contributed by atoms with van der Waals surface area (Å²) in [6.45, 7) is 3.56. The lowest BCUT2D eigenvalue weighted by molar-refractivity contribution is -0.258. The summed E-state index contributed by atoms with van der Waals surface area (Å²) in [7, 11) is 0. The summed E-state index contributed by atoms with van der Waals surface area (Å²) in [5.41, 5.74) is -1.52. The molecule has 86 valence electrons. The standard InChI is InChI=1S/C8H12O6S/c1-3-12-4-5(2)6(9)13-14-7(10)8(11)15/h4,8,11,15H,3H2,1-2H3/b5-4+. The van der Waals surface area contributed by atoms with Crippen molar-refractivity contribution in [2.24, 2.45) is 0 Å². The first-order chi connectivity index (χ1) is 6.99. The Morgan fingerprint density at radius 2 is 2.07 bits per heavy atom. The van der Waals surface area contributed by atoms with Gasteiger partial charge in [0.25, 0.3) is 0 Å². The Hall–Kier alpha value is -1.21. The molecular weight excluding hydrogens is 224 g/mol. The van der Waals surface area contributed by atoms with Crippen molar-refractivity contribution in [1.29, 1.82) is 0 Å². The lowest BCUT2D eigenvalue weighted by atomic mass is 10.3. The van der Waals surface area contributed by atoms with E-state index in [4.69, 9.17) is 9.84 Å².